The van der Waals surface area contributed by atoms with Gasteiger partial charge in [0, 0.05) is 19.2 Å². The number of rotatable bonds is 6. The van der Waals surface area contributed by atoms with Gasteiger partial charge in [0.05, 0.1) is 12.3 Å². The molecule has 98 valence electrons. The molecule has 0 bridgehead atoms. The summed E-state index contributed by atoms with van der Waals surface area (Å²) in [5.74, 6) is 0.379. The summed E-state index contributed by atoms with van der Waals surface area (Å²) in [6, 6.07) is 0. The third kappa shape index (κ3) is 6.34. The zero-order chi connectivity index (χ0) is 13.3. The van der Waals surface area contributed by atoms with Crippen LogP contribution in [0.2, 0.25) is 0 Å². The molecule has 0 aromatic heterocycles. The predicted octanol–water partition coefficient (Wildman–Crippen LogP) is 2.44. The van der Waals surface area contributed by atoms with Crippen molar-refractivity contribution < 1.29 is 9.47 Å². The topological polar surface area (TPSA) is 56.8 Å². The minimum Gasteiger partial charge on any atom is -0.474 e. The molecule has 0 fully saturated rings. The number of hydrogen-bond donors (Lipinski definition) is 1. The molecule has 0 aliphatic carbocycles. The van der Waals surface area contributed by atoms with E-state index in [0.29, 0.717) is 29.8 Å². The van der Waals surface area contributed by atoms with E-state index in [0.717, 1.165) is 12.0 Å². The monoisotopic (exact) mass is 260 g/mol. The van der Waals surface area contributed by atoms with Crippen LogP contribution in [-0.4, -0.2) is 33.3 Å². The van der Waals surface area contributed by atoms with E-state index in [9.17, 15) is 0 Å². The molecule has 0 aliphatic rings. The van der Waals surface area contributed by atoms with Crippen LogP contribution in [-0.2, 0) is 9.47 Å². The van der Waals surface area contributed by atoms with E-state index in [1.54, 1.807) is 20.2 Å². The average molecular weight is 261 g/mol. The Hall–Kier alpha value is -1.00. The van der Waals surface area contributed by atoms with Crippen LogP contribution in [0.1, 0.15) is 20.3 Å². The number of methoxy groups -OCH3 is 1. The van der Waals surface area contributed by atoms with Gasteiger partial charge in [0.15, 0.2) is 0 Å². The molecule has 0 aromatic carbocycles. The SMILES string of the molecule is CC/C(C)=C(Cl)/C=C(/N)C(=NC)OCCOC. The molecular weight excluding hydrogens is 240 g/mol. The van der Waals surface area contributed by atoms with Crippen molar-refractivity contribution in [2.45, 2.75) is 20.3 Å². The van der Waals surface area contributed by atoms with Crippen molar-refractivity contribution in [3.8, 4) is 0 Å². The highest BCUT2D eigenvalue weighted by Gasteiger charge is 2.05. The van der Waals surface area contributed by atoms with E-state index < -0.39 is 0 Å². The van der Waals surface area contributed by atoms with E-state index in [-0.39, 0.29) is 0 Å². The molecule has 0 aromatic rings. The van der Waals surface area contributed by atoms with Gasteiger partial charge in [0.1, 0.15) is 6.61 Å². The number of nitrogens with two attached hydrogens (primary N) is 1. The molecule has 0 atom stereocenters. The summed E-state index contributed by atoms with van der Waals surface area (Å²) in [7, 11) is 3.22. The second kappa shape index (κ2) is 9.07. The molecule has 0 amide bonds. The summed E-state index contributed by atoms with van der Waals surface area (Å²) in [5.41, 5.74) is 7.34. The maximum Gasteiger partial charge on any atom is 0.232 e. The third-order valence-electron chi connectivity index (χ3n) is 2.20. The second-order valence-electron chi connectivity index (χ2n) is 3.45. The van der Waals surface area contributed by atoms with Crippen LogP contribution in [0.5, 0.6) is 0 Å². The molecule has 5 heteroatoms. The molecule has 0 rings (SSSR count). The van der Waals surface area contributed by atoms with Crippen molar-refractivity contribution in [1.29, 1.82) is 0 Å². The maximum atomic E-state index is 6.08. The molecule has 4 nitrogen and oxygen atoms in total. The van der Waals surface area contributed by atoms with Crippen molar-refractivity contribution in [3.63, 3.8) is 0 Å². The smallest absolute Gasteiger partial charge is 0.232 e. The second-order valence-corrected chi connectivity index (χ2v) is 3.86. The van der Waals surface area contributed by atoms with E-state index in [1.807, 2.05) is 13.8 Å². The van der Waals surface area contributed by atoms with Gasteiger partial charge in [-0.2, -0.15) is 0 Å². The normalized spacial score (nSPS) is 14.6. The number of allylic oxidation sites excluding steroid dienone is 3. The van der Waals surface area contributed by atoms with E-state index in [2.05, 4.69) is 4.99 Å². The van der Waals surface area contributed by atoms with Crippen molar-refractivity contribution in [2.24, 2.45) is 10.7 Å². The summed E-state index contributed by atoms with van der Waals surface area (Å²) in [4.78, 5) is 3.96. The molecule has 0 aliphatic heterocycles. The highest BCUT2D eigenvalue weighted by Crippen LogP contribution is 2.15. The maximum absolute atomic E-state index is 6.08. The van der Waals surface area contributed by atoms with Gasteiger partial charge in [0.25, 0.3) is 0 Å². The number of hydrogen-bond acceptors (Lipinski definition) is 4. The fourth-order valence-corrected chi connectivity index (χ4v) is 1.24. The van der Waals surface area contributed by atoms with Gasteiger partial charge in [0.2, 0.25) is 5.90 Å². The highest BCUT2D eigenvalue weighted by molar-refractivity contribution is 6.31. The Morgan fingerprint density at radius 3 is 2.53 bits per heavy atom. The molecule has 0 spiro atoms. The van der Waals surface area contributed by atoms with Gasteiger partial charge in [-0.3, -0.25) is 4.99 Å². The summed E-state index contributed by atoms with van der Waals surface area (Å²) in [6.07, 6.45) is 2.54. The van der Waals surface area contributed by atoms with Gasteiger partial charge in [-0.25, -0.2) is 0 Å². The number of halogens is 1. The zero-order valence-electron chi connectivity index (χ0n) is 10.9. The lowest BCUT2D eigenvalue weighted by Gasteiger charge is -2.08. The fourth-order valence-electron chi connectivity index (χ4n) is 0.989. The molecule has 0 radical (unpaired) electrons. The Balaban J connectivity index is 4.65. The fraction of sp³-hybridized carbons (Fsp3) is 0.583. The molecule has 0 saturated heterocycles. The number of aliphatic imine (C=N–C) groups is 1. The van der Waals surface area contributed by atoms with E-state index >= 15 is 0 Å². The first-order valence-electron chi connectivity index (χ1n) is 5.48. The first-order chi connectivity index (χ1) is 8.06. The Labute approximate surface area is 108 Å². The van der Waals surface area contributed by atoms with E-state index in [4.69, 9.17) is 26.8 Å². The molecule has 17 heavy (non-hydrogen) atoms. The molecule has 0 heterocycles. The lowest BCUT2D eigenvalue weighted by molar-refractivity contribution is 0.141. The molecule has 0 saturated carbocycles. The highest BCUT2D eigenvalue weighted by atomic mass is 35.5. The average Bonchev–Trinajstić information content (AvgIpc) is 2.33. The van der Waals surface area contributed by atoms with Crippen LogP contribution < -0.4 is 5.73 Å². The van der Waals surface area contributed by atoms with Crippen LogP contribution in [0.3, 0.4) is 0 Å². The van der Waals surface area contributed by atoms with Crippen LogP contribution >= 0.6 is 11.6 Å². The first-order valence-corrected chi connectivity index (χ1v) is 5.85. The van der Waals surface area contributed by atoms with Crippen molar-refractivity contribution >= 4 is 17.5 Å². The Morgan fingerprint density at radius 1 is 1.41 bits per heavy atom. The summed E-state index contributed by atoms with van der Waals surface area (Å²) in [5, 5.41) is 0.626. The van der Waals surface area contributed by atoms with Crippen LogP contribution in [0.15, 0.2) is 27.4 Å². The van der Waals surface area contributed by atoms with Crippen LogP contribution in [0.25, 0.3) is 0 Å². The minimum absolute atomic E-state index is 0.379. The Bertz CT molecular complexity index is 322. The van der Waals surface area contributed by atoms with Gasteiger partial charge in [-0.15, -0.1) is 0 Å². The van der Waals surface area contributed by atoms with Gasteiger partial charge >= 0.3 is 0 Å². The Kier molecular flexibility index (Phi) is 8.54. The summed E-state index contributed by atoms with van der Waals surface area (Å²) in [6.45, 7) is 4.89. The van der Waals surface area contributed by atoms with Crippen molar-refractivity contribution in [2.75, 3.05) is 27.4 Å². The molecular formula is C12H21ClN2O2. The van der Waals surface area contributed by atoms with Gasteiger partial charge < -0.3 is 15.2 Å². The molecule has 0 unspecified atom stereocenters. The summed E-state index contributed by atoms with van der Waals surface area (Å²) >= 11 is 6.08. The predicted molar refractivity (Wildman–Crippen MR) is 72.3 cm³/mol. The van der Waals surface area contributed by atoms with Gasteiger partial charge in [-0.1, -0.05) is 24.1 Å². The third-order valence-corrected chi connectivity index (χ3v) is 2.63. The number of ether oxygens (including phenoxy) is 2. The summed E-state index contributed by atoms with van der Waals surface area (Å²) < 4.78 is 10.2. The Morgan fingerprint density at radius 2 is 2.06 bits per heavy atom. The quantitative estimate of drug-likeness (QED) is 0.345. The zero-order valence-corrected chi connectivity index (χ0v) is 11.7. The largest absolute Gasteiger partial charge is 0.474 e. The first kappa shape index (κ1) is 16.0. The van der Waals surface area contributed by atoms with Gasteiger partial charge in [-0.05, 0) is 19.4 Å². The molecule has 2 N–H and O–H groups in total. The lowest BCUT2D eigenvalue weighted by atomic mass is 10.2. The van der Waals surface area contributed by atoms with E-state index in [1.165, 1.54) is 0 Å². The number of nitrogens with zero attached hydrogens (tertiary/aromatic N) is 1. The minimum atomic E-state index is 0.379. The van der Waals surface area contributed by atoms with Crippen LogP contribution in [0.4, 0.5) is 0 Å². The lowest BCUT2D eigenvalue weighted by Crippen LogP contribution is -2.17. The standard InChI is InChI=1S/C12H21ClN2O2/c1-5-9(2)10(13)8-11(14)12(15-3)17-7-6-16-4/h8H,5-7,14H2,1-4H3/b10-9-,11-8+,15-12?. The van der Waals surface area contributed by atoms with Crippen LogP contribution in [0, 0.1) is 0 Å². The van der Waals surface area contributed by atoms with Crippen molar-refractivity contribution in [3.05, 3.63) is 22.4 Å². The van der Waals surface area contributed by atoms with Crippen molar-refractivity contribution in [1.82, 2.24) is 0 Å².